The zero-order chi connectivity index (χ0) is 10.9. The van der Waals surface area contributed by atoms with Gasteiger partial charge in [0.1, 0.15) is 11.6 Å². The van der Waals surface area contributed by atoms with Gasteiger partial charge in [-0.1, -0.05) is 0 Å². The van der Waals surface area contributed by atoms with E-state index in [-0.39, 0.29) is 6.04 Å². The number of hydrogen-bond donors (Lipinski definition) is 0. The number of nitriles is 1. The average molecular weight is 203 g/mol. The summed E-state index contributed by atoms with van der Waals surface area (Å²) in [6, 6.07) is 1.28. The minimum atomic E-state index is -4.56. The molecule has 0 aromatic carbocycles. The van der Waals surface area contributed by atoms with Crippen LogP contribution >= 0.6 is 0 Å². The van der Waals surface area contributed by atoms with E-state index in [1.807, 2.05) is 0 Å². The predicted molar refractivity (Wildman–Crippen MR) is 42.3 cm³/mol. The summed E-state index contributed by atoms with van der Waals surface area (Å²) in [7, 11) is 0. The summed E-state index contributed by atoms with van der Waals surface area (Å²) >= 11 is 0. The van der Waals surface area contributed by atoms with Crippen molar-refractivity contribution in [3.05, 3.63) is 17.5 Å². The number of halogens is 3. The van der Waals surface area contributed by atoms with Crippen LogP contribution in [0.3, 0.4) is 0 Å². The van der Waals surface area contributed by atoms with E-state index in [2.05, 4.69) is 5.10 Å². The van der Waals surface area contributed by atoms with Gasteiger partial charge >= 0.3 is 6.18 Å². The van der Waals surface area contributed by atoms with Gasteiger partial charge < -0.3 is 0 Å². The van der Waals surface area contributed by atoms with Gasteiger partial charge in [0.05, 0.1) is 0 Å². The van der Waals surface area contributed by atoms with Crippen LogP contribution in [-0.4, -0.2) is 9.78 Å². The summed E-state index contributed by atoms with van der Waals surface area (Å²) in [5, 5.41) is 11.8. The third-order valence-corrected chi connectivity index (χ3v) is 1.65. The van der Waals surface area contributed by atoms with E-state index >= 15 is 0 Å². The van der Waals surface area contributed by atoms with Crippen LogP contribution < -0.4 is 0 Å². The molecule has 6 heteroatoms. The zero-order valence-electron chi connectivity index (χ0n) is 7.63. The lowest BCUT2D eigenvalue weighted by Crippen LogP contribution is -2.10. The topological polar surface area (TPSA) is 41.6 Å². The van der Waals surface area contributed by atoms with Crippen LogP contribution in [0.25, 0.3) is 0 Å². The van der Waals surface area contributed by atoms with Gasteiger partial charge in [-0.15, -0.1) is 0 Å². The molecule has 14 heavy (non-hydrogen) atoms. The lowest BCUT2D eigenvalue weighted by Gasteiger charge is -2.04. The standard InChI is InChI=1S/C8H8F3N3/c1-5(2)14-4-6(3-12)7(13-14)8(9,10)11/h4-5H,1-2H3. The molecule has 0 bridgehead atoms. The predicted octanol–water partition coefficient (Wildman–Crippen LogP) is 2.35. The van der Waals surface area contributed by atoms with Crippen LogP contribution in [0.15, 0.2) is 6.20 Å². The fourth-order valence-electron chi connectivity index (χ4n) is 0.947. The molecule has 0 saturated heterocycles. The normalized spacial score (nSPS) is 11.8. The maximum atomic E-state index is 12.3. The van der Waals surface area contributed by atoms with Crippen molar-refractivity contribution in [2.24, 2.45) is 0 Å². The van der Waals surface area contributed by atoms with E-state index in [1.165, 1.54) is 6.07 Å². The molecule has 0 aliphatic heterocycles. The summed E-state index contributed by atoms with van der Waals surface area (Å²) in [6.45, 7) is 3.38. The minimum Gasteiger partial charge on any atom is -0.268 e. The molecular formula is C8H8F3N3. The summed E-state index contributed by atoms with van der Waals surface area (Å²) in [5.74, 6) is 0. The number of nitrogens with zero attached hydrogens (tertiary/aromatic N) is 3. The Balaban J connectivity index is 3.24. The van der Waals surface area contributed by atoms with Crippen LogP contribution in [0.1, 0.15) is 31.1 Å². The van der Waals surface area contributed by atoms with Crippen LogP contribution in [0, 0.1) is 11.3 Å². The molecule has 3 nitrogen and oxygen atoms in total. The van der Waals surface area contributed by atoms with E-state index in [0.717, 1.165) is 10.9 Å². The Labute approximate surface area is 78.8 Å². The minimum absolute atomic E-state index is 0.196. The Hall–Kier alpha value is -1.51. The Morgan fingerprint density at radius 3 is 2.36 bits per heavy atom. The molecule has 76 valence electrons. The summed E-state index contributed by atoms with van der Waals surface area (Å²) < 4.78 is 38.0. The van der Waals surface area contributed by atoms with Crippen LogP contribution in [0.2, 0.25) is 0 Å². The highest BCUT2D eigenvalue weighted by molar-refractivity contribution is 5.32. The molecule has 1 aromatic heterocycles. The molecule has 0 unspecified atom stereocenters. The maximum absolute atomic E-state index is 12.3. The number of aromatic nitrogens is 2. The molecule has 1 aromatic rings. The monoisotopic (exact) mass is 203 g/mol. The first-order valence-electron chi connectivity index (χ1n) is 3.92. The van der Waals surface area contributed by atoms with Crippen LogP contribution in [0.4, 0.5) is 13.2 Å². The van der Waals surface area contributed by atoms with E-state index in [0.29, 0.717) is 0 Å². The van der Waals surface area contributed by atoms with Crippen molar-refractivity contribution in [3.8, 4) is 6.07 Å². The van der Waals surface area contributed by atoms with Gasteiger partial charge in [-0.2, -0.15) is 23.5 Å². The fraction of sp³-hybridized carbons (Fsp3) is 0.500. The van der Waals surface area contributed by atoms with Gasteiger partial charge in [-0.25, -0.2) is 0 Å². The van der Waals surface area contributed by atoms with E-state index in [4.69, 9.17) is 5.26 Å². The lowest BCUT2D eigenvalue weighted by atomic mass is 10.2. The van der Waals surface area contributed by atoms with Crippen LogP contribution in [-0.2, 0) is 6.18 Å². The molecule has 0 amide bonds. The first-order valence-corrected chi connectivity index (χ1v) is 3.92. The smallest absolute Gasteiger partial charge is 0.268 e. The molecule has 0 saturated carbocycles. The quantitative estimate of drug-likeness (QED) is 0.703. The second-order valence-corrected chi connectivity index (χ2v) is 3.07. The van der Waals surface area contributed by atoms with Crippen molar-refractivity contribution in [2.75, 3.05) is 0 Å². The molecule has 0 fully saturated rings. The fourth-order valence-corrected chi connectivity index (χ4v) is 0.947. The highest BCUT2D eigenvalue weighted by Crippen LogP contribution is 2.30. The van der Waals surface area contributed by atoms with Crippen molar-refractivity contribution in [1.82, 2.24) is 9.78 Å². The second kappa shape index (κ2) is 3.33. The maximum Gasteiger partial charge on any atom is 0.436 e. The second-order valence-electron chi connectivity index (χ2n) is 3.07. The van der Waals surface area contributed by atoms with Crippen molar-refractivity contribution in [2.45, 2.75) is 26.1 Å². The highest BCUT2D eigenvalue weighted by Gasteiger charge is 2.37. The van der Waals surface area contributed by atoms with Gasteiger partial charge in [0, 0.05) is 12.2 Å². The summed E-state index contributed by atoms with van der Waals surface area (Å²) in [5.41, 5.74) is -1.56. The molecule has 0 aliphatic rings. The molecule has 1 rings (SSSR count). The molecule has 0 N–H and O–H groups in total. The molecule has 0 atom stereocenters. The SMILES string of the molecule is CC(C)n1cc(C#N)c(C(F)(F)F)n1. The van der Waals surface area contributed by atoms with Crippen molar-refractivity contribution < 1.29 is 13.2 Å². The van der Waals surface area contributed by atoms with E-state index in [9.17, 15) is 13.2 Å². The first kappa shape index (κ1) is 10.6. The number of alkyl halides is 3. The third kappa shape index (κ3) is 1.87. The van der Waals surface area contributed by atoms with Crippen molar-refractivity contribution in [1.29, 1.82) is 5.26 Å². The Morgan fingerprint density at radius 2 is 2.07 bits per heavy atom. The third-order valence-electron chi connectivity index (χ3n) is 1.65. The Bertz CT molecular complexity index is 370. The van der Waals surface area contributed by atoms with E-state index in [1.54, 1.807) is 13.8 Å². The van der Waals surface area contributed by atoms with Gasteiger partial charge in [0.2, 0.25) is 0 Å². The Morgan fingerprint density at radius 1 is 1.50 bits per heavy atom. The van der Waals surface area contributed by atoms with Gasteiger partial charge in [0.15, 0.2) is 5.69 Å². The highest BCUT2D eigenvalue weighted by atomic mass is 19.4. The van der Waals surface area contributed by atoms with Gasteiger partial charge in [0.25, 0.3) is 0 Å². The average Bonchev–Trinajstić information content (AvgIpc) is 2.46. The molecule has 0 radical (unpaired) electrons. The first-order chi connectivity index (χ1) is 6.36. The lowest BCUT2D eigenvalue weighted by molar-refractivity contribution is -0.141. The number of rotatable bonds is 1. The molecular weight excluding hydrogens is 195 g/mol. The van der Waals surface area contributed by atoms with Gasteiger partial charge in [-0.3, -0.25) is 4.68 Å². The Kier molecular flexibility index (Phi) is 2.51. The molecule has 0 aliphatic carbocycles. The summed E-state index contributed by atoms with van der Waals surface area (Å²) in [4.78, 5) is 0. The van der Waals surface area contributed by atoms with E-state index < -0.39 is 17.4 Å². The zero-order valence-corrected chi connectivity index (χ0v) is 7.63. The van der Waals surface area contributed by atoms with Crippen LogP contribution in [0.5, 0.6) is 0 Å². The largest absolute Gasteiger partial charge is 0.436 e. The number of hydrogen-bond acceptors (Lipinski definition) is 2. The van der Waals surface area contributed by atoms with Crippen molar-refractivity contribution in [3.63, 3.8) is 0 Å². The summed E-state index contributed by atoms with van der Waals surface area (Å²) in [6.07, 6.45) is -3.46. The molecule has 0 spiro atoms. The van der Waals surface area contributed by atoms with Gasteiger partial charge in [-0.05, 0) is 13.8 Å². The van der Waals surface area contributed by atoms with Crippen molar-refractivity contribution >= 4 is 0 Å². The molecule has 1 heterocycles.